The van der Waals surface area contributed by atoms with Crippen molar-refractivity contribution < 1.29 is 27.6 Å². The van der Waals surface area contributed by atoms with E-state index in [1.165, 1.54) is 11.0 Å². The van der Waals surface area contributed by atoms with Crippen LogP contribution >= 0.6 is 0 Å². The fourth-order valence-corrected chi connectivity index (χ4v) is 3.19. The molecular formula is C18H21BF2N2O4. The molecule has 2 aliphatic heterocycles. The molecule has 0 saturated carbocycles. The lowest BCUT2D eigenvalue weighted by atomic mass is 9.76. The number of rotatable bonds is 4. The van der Waals surface area contributed by atoms with Crippen LogP contribution in [0.25, 0.3) is 0 Å². The van der Waals surface area contributed by atoms with Gasteiger partial charge in [0.15, 0.2) is 0 Å². The van der Waals surface area contributed by atoms with Gasteiger partial charge in [-0.05, 0) is 51.2 Å². The van der Waals surface area contributed by atoms with E-state index in [2.05, 4.69) is 4.74 Å². The highest BCUT2D eigenvalue weighted by molar-refractivity contribution is 6.62. The first kappa shape index (κ1) is 19.6. The number of hydrogen-bond donors (Lipinski definition) is 0. The van der Waals surface area contributed by atoms with Crippen LogP contribution in [0.5, 0.6) is 5.75 Å². The average Bonchev–Trinajstić information content (AvgIpc) is 2.77. The second-order valence-electron chi connectivity index (χ2n) is 7.65. The first-order valence-electron chi connectivity index (χ1n) is 8.69. The molecule has 3 rings (SSSR count). The van der Waals surface area contributed by atoms with Crippen LogP contribution in [0.3, 0.4) is 0 Å². The standard InChI is InChI=1S/C18H21BF2N2O4/c1-17(2)18(3,4)27-19(26-17)12-9-11-5-7-23(8-6-22)15(24)14(11)13(10-12)25-16(20)21/h9-10,16H,5,7-8H2,1-4H3. The SMILES string of the molecule is CC1(C)OB(c2cc3c(c(OC(F)F)c2)C(=O)N(CC#N)CC3)OC1(C)C. The largest absolute Gasteiger partial charge is 0.494 e. The normalized spacial score (nSPS) is 20.6. The number of carbonyl (C=O) groups excluding carboxylic acids is 1. The van der Waals surface area contributed by atoms with Crippen molar-refractivity contribution in [2.45, 2.75) is 51.9 Å². The van der Waals surface area contributed by atoms with Crippen LogP contribution in [0.1, 0.15) is 43.6 Å². The molecule has 0 bridgehead atoms. The Morgan fingerprint density at radius 1 is 1.30 bits per heavy atom. The molecule has 0 unspecified atom stereocenters. The first-order chi connectivity index (χ1) is 12.6. The maximum atomic E-state index is 13.0. The van der Waals surface area contributed by atoms with Crippen LogP contribution in [0.4, 0.5) is 8.78 Å². The second-order valence-corrected chi connectivity index (χ2v) is 7.65. The molecule has 9 heteroatoms. The number of nitrogens with zero attached hydrogens (tertiary/aromatic N) is 2. The third kappa shape index (κ3) is 3.51. The van der Waals surface area contributed by atoms with Crippen molar-refractivity contribution in [2.24, 2.45) is 0 Å². The predicted molar refractivity (Wildman–Crippen MR) is 94.0 cm³/mol. The molecule has 144 valence electrons. The van der Waals surface area contributed by atoms with Crippen molar-refractivity contribution in [3.05, 3.63) is 23.3 Å². The van der Waals surface area contributed by atoms with E-state index in [0.29, 0.717) is 24.0 Å². The van der Waals surface area contributed by atoms with Gasteiger partial charge in [0.2, 0.25) is 0 Å². The zero-order valence-corrected chi connectivity index (χ0v) is 15.7. The van der Waals surface area contributed by atoms with Gasteiger partial charge in [-0.15, -0.1) is 0 Å². The number of ether oxygens (including phenoxy) is 1. The molecule has 0 atom stereocenters. The van der Waals surface area contributed by atoms with E-state index in [-0.39, 0.29) is 17.9 Å². The number of alkyl halides is 2. The second kappa shape index (κ2) is 6.77. The van der Waals surface area contributed by atoms with E-state index in [1.54, 1.807) is 6.07 Å². The van der Waals surface area contributed by atoms with Crippen molar-refractivity contribution in [2.75, 3.05) is 13.1 Å². The van der Waals surface area contributed by atoms with E-state index in [9.17, 15) is 13.6 Å². The van der Waals surface area contributed by atoms with Crippen molar-refractivity contribution in [3.63, 3.8) is 0 Å². The molecule has 1 amide bonds. The van der Waals surface area contributed by atoms with Gasteiger partial charge in [-0.1, -0.05) is 6.07 Å². The summed E-state index contributed by atoms with van der Waals surface area (Å²) in [4.78, 5) is 13.9. The smallest absolute Gasteiger partial charge is 0.434 e. The quantitative estimate of drug-likeness (QED) is 0.593. The minimum atomic E-state index is -3.08. The summed E-state index contributed by atoms with van der Waals surface area (Å²) >= 11 is 0. The number of benzene rings is 1. The molecule has 27 heavy (non-hydrogen) atoms. The van der Waals surface area contributed by atoms with Gasteiger partial charge in [0, 0.05) is 6.54 Å². The summed E-state index contributed by atoms with van der Waals surface area (Å²) < 4.78 is 42.5. The zero-order chi connectivity index (χ0) is 20.0. The molecule has 6 nitrogen and oxygen atoms in total. The van der Waals surface area contributed by atoms with Crippen molar-refractivity contribution in [3.8, 4) is 11.8 Å². The summed E-state index contributed by atoms with van der Waals surface area (Å²) in [7, 11) is -0.757. The third-order valence-electron chi connectivity index (χ3n) is 5.36. The maximum Gasteiger partial charge on any atom is 0.494 e. The first-order valence-corrected chi connectivity index (χ1v) is 8.69. The van der Waals surface area contributed by atoms with Crippen molar-refractivity contribution in [1.29, 1.82) is 5.26 Å². The van der Waals surface area contributed by atoms with E-state index < -0.39 is 30.8 Å². The number of hydrogen-bond acceptors (Lipinski definition) is 5. The number of amides is 1. The van der Waals surface area contributed by atoms with E-state index >= 15 is 0 Å². The lowest BCUT2D eigenvalue weighted by molar-refractivity contribution is -0.0503. The van der Waals surface area contributed by atoms with Crippen LogP contribution in [0, 0.1) is 11.3 Å². The van der Waals surface area contributed by atoms with Crippen LogP contribution in [-0.2, 0) is 15.7 Å². The van der Waals surface area contributed by atoms with Crippen molar-refractivity contribution in [1.82, 2.24) is 4.90 Å². The Labute approximate surface area is 157 Å². The molecule has 0 N–H and O–H groups in total. The molecule has 0 radical (unpaired) electrons. The Morgan fingerprint density at radius 3 is 2.48 bits per heavy atom. The fourth-order valence-electron chi connectivity index (χ4n) is 3.19. The van der Waals surface area contributed by atoms with Gasteiger partial charge < -0.3 is 18.9 Å². The third-order valence-corrected chi connectivity index (χ3v) is 5.36. The zero-order valence-electron chi connectivity index (χ0n) is 15.7. The Balaban J connectivity index is 2.03. The summed E-state index contributed by atoms with van der Waals surface area (Å²) in [6.07, 6.45) is 0.426. The van der Waals surface area contributed by atoms with Gasteiger partial charge in [0.1, 0.15) is 12.3 Å². The number of carbonyl (C=O) groups is 1. The van der Waals surface area contributed by atoms with Crippen LogP contribution < -0.4 is 10.2 Å². The average molecular weight is 378 g/mol. The summed E-state index contributed by atoms with van der Waals surface area (Å²) in [6, 6.07) is 5.00. The Kier molecular flexibility index (Phi) is 4.91. The van der Waals surface area contributed by atoms with Crippen LogP contribution in [0.2, 0.25) is 0 Å². The maximum absolute atomic E-state index is 13.0. The predicted octanol–water partition coefficient (Wildman–Crippen LogP) is 2.11. The van der Waals surface area contributed by atoms with Crippen molar-refractivity contribution >= 4 is 18.5 Å². The monoisotopic (exact) mass is 378 g/mol. The molecule has 1 fully saturated rings. The molecule has 1 aromatic rings. The van der Waals surface area contributed by atoms with Crippen LogP contribution in [0.15, 0.2) is 12.1 Å². The highest BCUT2D eigenvalue weighted by atomic mass is 19.3. The Bertz CT molecular complexity index is 791. The molecule has 0 aliphatic carbocycles. The lowest BCUT2D eigenvalue weighted by Crippen LogP contribution is -2.41. The molecule has 1 saturated heterocycles. The minimum Gasteiger partial charge on any atom is -0.434 e. The molecule has 0 aromatic heterocycles. The molecular weight excluding hydrogens is 357 g/mol. The molecule has 2 aliphatic rings. The minimum absolute atomic E-state index is 0.0667. The number of nitriles is 1. The Morgan fingerprint density at radius 2 is 1.93 bits per heavy atom. The van der Waals surface area contributed by atoms with Gasteiger partial charge in [-0.2, -0.15) is 14.0 Å². The summed E-state index contributed by atoms with van der Waals surface area (Å²) in [5.41, 5.74) is -0.00771. The summed E-state index contributed by atoms with van der Waals surface area (Å²) in [5.74, 6) is -0.714. The number of halogens is 2. The highest BCUT2D eigenvalue weighted by Crippen LogP contribution is 2.37. The topological polar surface area (TPSA) is 71.8 Å². The molecule has 1 aromatic carbocycles. The van der Waals surface area contributed by atoms with E-state index in [4.69, 9.17) is 14.6 Å². The number of fused-ring (bicyclic) bond motifs is 1. The van der Waals surface area contributed by atoms with Gasteiger partial charge in [-0.3, -0.25) is 4.79 Å². The molecule has 0 spiro atoms. The van der Waals surface area contributed by atoms with Crippen LogP contribution in [-0.4, -0.2) is 48.8 Å². The Hall–Kier alpha value is -2.18. The van der Waals surface area contributed by atoms with Gasteiger partial charge in [0.05, 0.1) is 22.8 Å². The fraction of sp³-hybridized carbons (Fsp3) is 0.556. The van der Waals surface area contributed by atoms with E-state index in [1.807, 2.05) is 33.8 Å². The summed E-state index contributed by atoms with van der Waals surface area (Å²) in [6.45, 7) is 4.72. The van der Waals surface area contributed by atoms with Gasteiger partial charge in [0.25, 0.3) is 5.91 Å². The lowest BCUT2D eigenvalue weighted by Gasteiger charge is -2.32. The van der Waals surface area contributed by atoms with Gasteiger partial charge >= 0.3 is 13.7 Å². The van der Waals surface area contributed by atoms with E-state index in [0.717, 1.165) is 0 Å². The summed E-state index contributed by atoms with van der Waals surface area (Å²) in [5, 5.41) is 8.86. The van der Waals surface area contributed by atoms with Gasteiger partial charge in [-0.25, -0.2) is 0 Å². The highest BCUT2D eigenvalue weighted by Gasteiger charge is 2.52. The molecule has 2 heterocycles.